The number of carbonyl (C=O) groups is 1. The molecule has 2 aromatic rings. The van der Waals surface area contributed by atoms with Crippen molar-refractivity contribution in [2.75, 3.05) is 5.73 Å². The Morgan fingerprint density at radius 1 is 1.46 bits per heavy atom. The van der Waals surface area contributed by atoms with Gasteiger partial charge in [-0.3, -0.25) is 4.79 Å². The Morgan fingerprint density at radius 3 is 2.92 bits per heavy atom. The number of thiophene rings is 1. The van der Waals surface area contributed by atoms with E-state index in [4.69, 9.17) is 5.73 Å². The lowest BCUT2D eigenvalue weighted by Gasteiger charge is -1.99. The third kappa shape index (κ3) is 1.12. The third-order valence-electron chi connectivity index (χ3n) is 2.14. The number of hydrogen-bond acceptors (Lipinski definition) is 3. The van der Waals surface area contributed by atoms with E-state index in [0.717, 1.165) is 16.4 Å². The molecule has 2 rings (SSSR count). The van der Waals surface area contributed by atoms with E-state index in [0.29, 0.717) is 11.3 Å². The fourth-order valence-electron chi connectivity index (χ4n) is 1.37. The maximum absolute atomic E-state index is 10.6. The zero-order valence-electron chi connectivity index (χ0n) is 7.20. The molecule has 66 valence electrons. The van der Waals surface area contributed by atoms with Crippen LogP contribution in [0, 0.1) is 6.92 Å². The minimum Gasteiger partial charge on any atom is -0.397 e. The van der Waals surface area contributed by atoms with Crippen molar-refractivity contribution in [2.24, 2.45) is 0 Å². The fourth-order valence-corrected chi connectivity index (χ4v) is 2.39. The lowest BCUT2D eigenvalue weighted by Crippen LogP contribution is -1.92. The van der Waals surface area contributed by atoms with Gasteiger partial charge in [0.1, 0.15) is 0 Å². The third-order valence-corrected chi connectivity index (χ3v) is 3.28. The van der Waals surface area contributed by atoms with Crippen LogP contribution in [0.15, 0.2) is 17.5 Å². The molecule has 0 amide bonds. The predicted octanol–water partition coefficient (Wildman–Crippen LogP) is 2.60. The standard InChI is InChI=1S/C10H9NOS/c1-6-5-13-10-8(6)3-2-7(4-12)9(10)11/h2-5H,11H2,1H3. The Kier molecular flexibility index (Phi) is 1.81. The summed E-state index contributed by atoms with van der Waals surface area (Å²) >= 11 is 1.59. The molecule has 0 fully saturated rings. The Balaban J connectivity index is 2.87. The molecule has 1 aromatic carbocycles. The number of rotatable bonds is 1. The molecule has 0 spiro atoms. The fraction of sp³-hybridized carbons (Fsp3) is 0.100. The summed E-state index contributed by atoms with van der Waals surface area (Å²) in [5, 5.41) is 3.20. The van der Waals surface area contributed by atoms with Crippen molar-refractivity contribution < 1.29 is 4.79 Å². The van der Waals surface area contributed by atoms with E-state index in [-0.39, 0.29) is 0 Å². The summed E-state index contributed by atoms with van der Waals surface area (Å²) in [7, 11) is 0. The summed E-state index contributed by atoms with van der Waals surface area (Å²) in [4.78, 5) is 10.6. The number of aryl methyl sites for hydroxylation is 1. The lowest BCUT2D eigenvalue weighted by atomic mass is 10.1. The van der Waals surface area contributed by atoms with Crippen molar-refractivity contribution >= 4 is 33.4 Å². The summed E-state index contributed by atoms with van der Waals surface area (Å²) < 4.78 is 1.02. The van der Waals surface area contributed by atoms with Gasteiger partial charge >= 0.3 is 0 Å². The zero-order chi connectivity index (χ0) is 9.42. The first-order chi connectivity index (χ1) is 6.24. The predicted molar refractivity (Wildman–Crippen MR) is 56.4 cm³/mol. The number of anilines is 1. The van der Waals surface area contributed by atoms with E-state index in [1.54, 1.807) is 17.4 Å². The Labute approximate surface area is 80.0 Å². The number of fused-ring (bicyclic) bond motifs is 1. The van der Waals surface area contributed by atoms with Gasteiger partial charge in [0.25, 0.3) is 0 Å². The molecule has 0 atom stereocenters. The Morgan fingerprint density at radius 2 is 2.23 bits per heavy atom. The molecule has 13 heavy (non-hydrogen) atoms. The van der Waals surface area contributed by atoms with Gasteiger partial charge in [-0.25, -0.2) is 0 Å². The van der Waals surface area contributed by atoms with Crippen LogP contribution in [0.5, 0.6) is 0 Å². The summed E-state index contributed by atoms with van der Waals surface area (Å²) in [6.45, 7) is 2.04. The largest absolute Gasteiger partial charge is 0.397 e. The highest BCUT2D eigenvalue weighted by Gasteiger charge is 2.06. The first kappa shape index (κ1) is 8.26. The van der Waals surface area contributed by atoms with Gasteiger partial charge in [-0.15, -0.1) is 11.3 Å². The smallest absolute Gasteiger partial charge is 0.152 e. The molecule has 1 heterocycles. The van der Waals surface area contributed by atoms with Gasteiger partial charge in [-0.05, 0) is 29.3 Å². The van der Waals surface area contributed by atoms with E-state index >= 15 is 0 Å². The van der Waals surface area contributed by atoms with Crippen molar-refractivity contribution in [3.8, 4) is 0 Å². The molecule has 0 aliphatic carbocycles. The number of nitrogen functional groups attached to an aromatic ring is 1. The summed E-state index contributed by atoms with van der Waals surface area (Å²) in [6, 6.07) is 3.71. The van der Waals surface area contributed by atoms with E-state index in [1.807, 2.05) is 13.0 Å². The average Bonchev–Trinajstić information content (AvgIpc) is 2.50. The maximum Gasteiger partial charge on any atom is 0.152 e. The number of aldehydes is 1. The van der Waals surface area contributed by atoms with Crippen LogP contribution in [0.2, 0.25) is 0 Å². The van der Waals surface area contributed by atoms with Crippen LogP contribution in [0.1, 0.15) is 15.9 Å². The van der Waals surface area contributed by atoms with Gasteiger partial charge in [0, 0.05) is 5.56 Å². The van der Waals surface area contributed by atoms with E-state index < -0.39 is 0 Å². The molecule has 0 bridgehead atoms. The molecule has 0 radical (unpaired) electrons. The molecule has 0 aliphatic rings. The molecule has 0 saturated carbocycles. The minimum absolute atomic E-state index is 0.578. The molecule has 1 aromatic heterocycles. The van der Waals surface area contributed by atoms with Gasteiger partial charge in [-0.2, -0.15) is 0 Å². The van der Waals surface area contributed by atoms with Crippen LogP contribution in [0.4, 0.5) is 5.69 Å². The topological polar surface area (TPSA) is 43.1 Å². The van der Waals surface area contributed by atoms with Crippen LogP contribution >= 0.6 is 11.3 Å². The van der Waals surface area contributed by atoms with Gasteiger partial charge < -0.3 is 5.73 Å². The highest BCUT2D eigenvalue weighted by molar-refractivity contribution is 7.18. The Bertz CT molecular complexity index is 473. The molecule has 0 aliphatic heterocycles. The normalized spacial score (nSPS) is 10.5. The summed E-state index contributed by atoms with van der Waals surface area (Å²) in [6.07, 6.45) is 0.795. The van der Waals surface area contributed by atoms with Crippen molar-refractivity contribution in [1.29, 1.82) is 0 Å². The number of carbonyl (C=O) groups excluding carboxylic acids is 1. The number of hydrogen-bond donors (Lipinski definition) is 1. The van der Waals surface area contributed by atoms with Crippen LogP contribution in [0.25, 0.3) is 10.1 Å². The summed E-state index contributed by atoms with van der Waals surface area (Å²) in [5.41, 5.74) is 8.21. The first-order valence-electron chi connectivity index (χ1n) is 3.95. The molecule has 3 heteroatoms. The summed E-state index contributed by atoms with van der Waals surface area (Å²) in [5.74, 6) is 0. The van der Waals surface area contributed by atoms with Crippen molar-refractivity contribution in [1.82, 2.24) is 0 Å². The van der Waals surface area contributed by atoms with Crippen LogP contribution in [0.3, 0.4) is 0 Å². The quantitative estimate of drug-likeness (QED) is 0.556. The lowest BCUT2D eigenvalue weighted by molar-refractivity contribution is 0.112. The van der Waals surface area contributed by atoms with Gasteiger partial charge in [0.15, 0.2) is 6.29 Å². The van der Waals surface area contributed by atoms with Crippen molar-refractivity contribution in [3.05, 3.63) is 28.6 Å². The average molecular weight is 191 g/mol. The van der Waals surface area contributed by atoms with Crippen molar-refractivity contribution in [2.45, 2.75) is 6.92 Å². The highest BCUT2D eigenvalue weighted by atomic mass is 32.1. The second kappa shape index (κ2) is 2.85. The Hall–Kier alpha value is -1.35. The monoisotopic (exact) mass is 191 g/mol. The second-order valence-corrected chi connectivity index (χ2v) is 3.86. The van der Waals surface area contributed by atoms with Crippen LogP contribution in [-0.2, 0) is 0 Å². The van der Waals surface area contributed by atoms with E-state index in [2.05, 4.69) is 5.38 Å². The van der Waals surface area contributed by atoms with Gasteiger partial charge in [0.05, 0.1) is 10.4 Å². The van der Waals surface area contributed by atoms with Crippen molar-refractivity contribution in [3.63, 3.8) is 0 Å². The molecule has 2 nitrogen and oxygen atoms in total. The van der Waals surface area contributed by atoms with E-state index in [1.165, 1.54) is 5.56 Å². The maximum atomic E-state index is 10.6. The number of benzene rings is 1. The van der Waals surface area contributed by atoms with Crippen LogP contribution in [-0.4, -0.2) is 6.29 Å². The van der Waals surface area contributed by atoms with Gasteiger partial charge in [0.2, 0.25) is 0 Å². The van der Waals surface area contributed by atoms with Crippen LogP contribution < -0.4 is 5.73 Å². The van der Waals surface area contributed by atoms with Gasteiger partial charge in [-0.1, -0.05) is 6.07 Å². The SMILES string of the molecule is Cc1csc2c(N)c(C=O)ccc12. The van der Waals surface area contributed by atoms with E-state index in [9.17, 15) is 4.79 Å². The zero-order valence-corrected chi connectivity index (χ0v) is 8.02. The number of nitrogens with two attached hydrogens (primary N) is 1. The minimum atomic E-state index is 0.578. The second-order valence-electron chi connectivity index (χ2n) is 2.98. The molecule has 0 saturated heterocycles. The molecular formula is C10H9NOS. The first-order valence-corrected chi connectivity index (χ1v) is 4.83. The molecule has 0 unspecified atom stereocenters. The molecule has 2 N–H and O–H groups in total. The highest BCUT2D eigenvalue weighted by Crippen LogP contribution is 2.31. The molecular weight excluding hydrogens is 182 g/mol.